The molecule has 2 aromatic carbocycles. The zero-order valence-corrected chi connectivity index (χ0v) is 25.8. The zero-order chi connectivity index (χ0) is 31.1. The summed E-state index contributed by atoms with van der Waals surface area (Å²) in [5, 5.41) is 9.45. The van der Waals surface area contributed by atoms with Gasteiger partial charge in [-0.2, -0.15) is 0 Å². The molecule has 5 heterocycles. The van der Waals surface area contributed by atoms with E-state index in [4.69, 9.17) is 11.6 Å². The largest absolute Gasteiger partial charge is 0.309 e. The van der Waals surface area contributed by atoms with Crippen molar-refractivity contribution in [2.24, 2.45) is 0 Å². The molecule has 7 aromatic rings. The summed E-state index contributed by atoms with van der Waals surface area (Å²) in [6, 6.07) is 35.2. The predicted octanol–water partition coefficient (Wildman–Crippen LogP) is 9.76. The molecule has 8 rings (SSSR count). The molecule has 0 spiro atoms. The van der Waals surface area contributed by atoms with Crippen LogP contribution in [0.5, 0.6) is 0 Å². The van der Waals surface area contributed by atoms with E-state index in [1.807, 2.05) is 73.2 Å². The zero-order valence-electron chi connectivity index (χ0n) is 24.2. The lowest BCUT2D eigenvalue weighted by Crippen LogP contribution is -2.29. The number of allylic oxidation sites excluding steroid dienone is 1. The topological polar surface area (TPSA) is 70.1 Å². The number of hydrogen-bond donors (Lipinski definition) is 0. The summed E-state index contributed by atoms with van der Waals surface area (Å²) in [5.74, 6) is 0. The fourth-order valence-electron chi connectivity index (χ4n) is 6.42. The van der Waals surface area contributed by atoms with Crippen molar-refractivity contribution in [3.05, 3.63) is 172 Å². The van der Waals surface area contributed by atoms with Gasteiger partial charge in [0.2, 0.25) is 0 Å². The number of rotatable bonds is 6. The van der Waals surface area contributed by atoms with E-state index < -0.39 is 5.41 Å². The molecule has 0 fully saturated rings. The number of pyridine rings is 3. The SMILES string of the molecule is [C-]#[N+]/C(C#N)=C\c1cc2sc3c(c2s1)C(c1cccnc1)(c1cccnc1)c1cc(N(c2ccccc2)c2ccccc2)cnc1-3. The smallest absolute Gasteiger partial charge is 0.263 e. The number of nitriles is 1. The molecule has 46 heavy (non-hydrogen) atoms. The molecule has 0 unspecified atom stereocenters. The second-order valence-corrected chi connectivity index (χ2v) is 12.9. The maximum Gasteiger partial charge on any atom is 0.263 e. The first-order valence-electron chi connectivity index (χ1n) is 14.5. The van der Waals surface area contributed by atoms with Gasteiger partial charge in [-0.15, -0.1) is 22.7 Å². The van der Waals surface area contributed by atoms with Crippen LogP contribution in [0.4, 0.5) is 17.1 Å². The van der Waals surface area contributed by atoms with E-state index in [0.29, 0.717) is 0 Å². The maximum atomic E-state index is 9.45. The highest BCUT2D eigenvalue weighted by atomic mass is 32.1. The van der Waals surface area contributed by atoms with Crippen LogP contribution in [-0.2, 0) is 5.41 Å². The molecule has 216 valence electrons. The molecule has 0 bridgehead atoms. The summed E-state index contributed by atoms with van der Waals surface area (Å²) >= 11 is 3.29. The Kier molecular flexibility index (Phi) is 6.73. The third-order valence-electron chi connectivity index (χ3n) is 8.24. The van der Waals surface area contributed by atoms with Gasteiger partial charge < -0.3 is 4.90 Å². The first-order chi connectivity index (χ1) is 22.7. The summed E-state index contributed by atoms with van der Waals surface area (Å²) in [5.41, 5.74) is 7.42. The lowest BCUT2D eigenvalue weighted by molar-refractivity contribution is 0.764. The van der Waals surface area contributed by atoms with E-state index in [0.717, 1.165) is 64.2 Å². The van der Waals surface area contributed by atoms with Gasteiger partial charge >= 0.3 is 0 Å². The van der Waals surface area contributed by atoms with Gasteiger partial charge in [0, 0.05) is 56.9 Å². The van der Waals surface area contributed by atoms with Crippen LogP contribution < -0.4 is 4.90 Å². The summed E-state index contributed by atoms with van der Waals surface area (Å²) in [6.07, 6.45) is 11.1. The minimum absolute atomic E-state index is 0.0628. The van der Waals surface area contributed by atoms with Crippen molar-refractivity contribution in [2.75, 3.05) is 4.90 Å². The van der Waals surface area contributed by atoms with E-state index in [2.05, 4.69) is 68.2 Å². The lowest BCUT2D eigenvalue weighted by atomic mass is 9.69. The Bertz CT molecular complexity index is 2240. The lowest BCUT2D eigenvalue weighted by Gasteiger charge is -2.33. The van der Waals surface area contributed by atoms with Gasteiger partial charge in [-0.25, -0.2) is 10.1 Å². The molecule has 0 amide bonds. The third-order valence-corrected chi connectivity index (χ3v) is 10.6. The van der Waals surface area contributed by atoms with Gasteiger partial charge in [0.25, 0.3) is 5.70 Å². The highest BCUT2D eigenvalue weighted by Crippen LogP contribution is 2.62. The number of hydrogen-bond acceptors (Lipinski definition) is 7. The van der Waals surface area contributed by atoms with Crippen LogP contribution in [-0.4, -0.2) is 15.0 Å². The van der Waals surface area contributed by atoms with Crippen molar-refractivity contribution < 1.29 is 0 Å². The average Bonchev–Trinajstić information content (AvgIpc) is 3.76. The van der Waals surface area contributed by atoms with Crippen molar-refractivity contribution in [1.82, 2.24) is 15.0 Å². The summed E-state index contributed by atoms with van der Waals surface area (Å²) in [6.45, 7) is 7.40. The minimum Gasteiger partial charge on any atom is -0.309 e. The number of benzene rings is 2. The number of fused-ring (bicyclic) bond motifs is 5. The molecule has 8 heteroatoms. The molecule has 0 saturated carbocycles. The van der Waals surface area contributed by atoms with Gasteiger partial charge in [0.05, 0.1) is 45.2 Å². The fraction of sp³-hybridized carbons (Fsp3) is 0.0263. The van der Waals surface area contributed by atoms with E-state index in [1.165, 1.54) is 0 Å². The molecule has 0 radical (unpaired) electrons. The van der Waals surface area contributed by atoms with E-state index in [-0.39, 0.29) is 5.70 Å². The maximum absolute atomic E-state index is 9.45. The van der Waals surface area contributed by atoms with Crippen molar-refractivity contribution >= 4 is 55.2 Å². The third kappa shape index (κ3) is 4.24. The van der Waals surface area contributed by atoms with Gasteiger partial charge in [-0.05, 0) is 65.7 Å². The molecular formula is C38H22N6S2. The fourth-order valence-corrected chi connectivity index (χ4v) is 9.13. The Morgan fingerprint density at radius 1 is 0.804 bits per heavy atom. The van der Waals surface area contributed by atoms with Crippen LogP contribution >= 0.6 is 22.7 Å². The van der Waals surface area contributed by atoms with E-state index in [1.54, 1.807) is 41.1 Å². The predicted molar refractivity (Wildman–Crippen MR) is 185 cm³/mol. The first-order valence-corrected chi connectivity index (χ1v) is 16.1. The van der Waals surface area contributed by atoms with Crippen LogP contribution in [0.3, 0.4) is 0 Å². The van der Waals surface area contributed by atoms with Crippen molar-refractivity contribution in [3.63, 3.8) is 0 Å². The van der Waals surface area contributed by atoms with Gasteiger partial charge in [-0.1, -0.05) is 48.5 Å². The van der Waals surface area contributed by atoms with Crippen molar-refractivity contribution in [1.29, 1.82) is 5.26 Å². The highest BCUT2D eigenvalue weighted by molar-refractivity contribution is 7.30. The molecule has 1 aliphatic rings. The van der Waals surface area contributed by atoms with Crippen LogP contribution in [0.1, 0.15) is 27.1 Å². The molecular weight excluding hydrogens is 605 g/mol. The minimum atomic E-state index is -0.767. The van der Waals surface area contributed by atoms with Crippen LogP contribution in [0.15, 0.2) is 134 Å². The molecule has 5 aromatic heterocycles. The molecule has 0 N–H and O–H groups in total. The Balaban J connectivity index is 1.45. The summed E-state index contributed by atoms with van der Waals surface area (Å²) in [7, 11) is 0. The van der Waals surface area contributed by atoms with E-state index >= 15 is 0 Å². The monoisotopic (exact) mass is 626 g/mol. The Morgan fingerprint density at radius 2 is 1.46 bits per heavy atom. The van der Waals surface area contributed by atoms with Crippen LogP contribution in [0.25, 0.3) is 30.9 Å². The van der Waals surface area contributed by atoms with Crippen molar-refractivity contribution in [3.8, 4) is 16.6 Å². The molecule has 0 saturated heterocycles. The average molecular weight is 627 g/mol. The Labute approximate surface area is 273 Å². The molecule has 6 nitrogen and oxygen atoms in total. The highest BCUT2D eigenvalue weighted by Gasteiger charge is 2.50. The second kappa shape index (κ2) is 11.2. The molecule has 0 aliphatic heterocycles. The molecule has 1 aliphatic carbocycles. The van der Waals surface area contributed by atoms with Gasteiger partial charge in [0.15, 0.2) is 0 Å². The number of aromatic nitrogens is 3. The number of para-hydroxylation sites is 2. The Morgan fingerprint density at radius 3 is 2.02 bits per heavy atom. The normalized spacial score (nSPS) is 13.0. The quantitative estimate of drug-likeness (QED) is 0.136. The standard InChI is InChI=1S/C38H22N6S2/c1-40-27(21-39)18-31-20-33-36(45-31)34-37(46-33)35-32(38(34,25-10-8-16-41-22-25)26-11-9-17-42-23-26)19-30(24-43-35)44(28-12-4-2-5-13-28)29-14-6-3-7-15-29/h2-20,22-24H/b27-18-. The van der Waals surface area contributed by atoms with E-state index in [9.17, 15) is 5.26 Å². The van der Waals surface area contributed by atoms with Crippen LogP contribution in [0.2, 0.25) is 0 Å². The summed E-state index contributed by atoms with van der Waals surface area (Å²) < 4.78 is 2.19. The summed E-state index contributed by atoms with van der Waals surface area (Å²) in [4.78, 5) is 22.0. The number of thiophene rings is 2. The molecule has 0 atom stereocenters. The first kappa shape index (κ1) is 27.6. The second-order valence-electron chi connectivity index (χ2n) is 10.7. The van der Waals surface area contributed by atoms with Crippen LogP contribution in [0, 0.1) is 17.9 Å². The van der Waals surface area contributed by atoms with Gasteiger partial charge in [0.1, 0.15) is 0 Å². The van der Waals surface area contributed by atoms with Gasteiger partial charge in [-0.3, -0.25) is 15.0 Å². The Hall–Kier alpha value is -5.93. The van der Waals surface area contributed by atoms with Crippen molar-refractivity contribution in [2.45, 2.75) is 5.41 Å². The number of anilines is 3. The number of nitrogens with zero attached hydrogens (tertiary/aromatic N) is 6.